The van der Waals surface area contributed by atoms with Gasteiger partial charge in [-0.05, 0) is 50.6 Å². The fourth-order valence-corrected chi connectivity index (χ4v) is 2.73. The lowest BCUT2D eigenvalue weighted by molar-refractivity contribution is -0.131. The van der Waals surface area contributed by atoms with E-state index in [0.717, 1.165) is 37.9 Å². The van der Waals surface area contributed by atoms with E-state index in [9.17, 15) is 14.4 Å². The Morgan fingerprint density at radius 3 is 1.75 bits per heavy atom. The summed E-state index contributed by atoms with van der Waals surface area (Å²) in [6.45, 7) is 11.6. The largest absolute Gasteiger partial charge is 0.400 e. The minimum atomic E-state index is -0.505. The van der Waals surface area contributed by atoms with Gasteiger partial charge in [0.25, 0.3) is 0 Å². The van der Waals surface area contributed by atoms with E-state index in [1.807, 2.05) is 50.2 Å². The van der Waals surface area contributed by atoms with E-state index >= 15 is 0 Å². The van der Waals surface area contributed by atoms with Gasteiger partial charge in [-0.2, -0.15) is 0 Å². The van der Waals surface area contributed by atoms with E-state index in [-0.39, 0.29) is 17.5 Å². The summed E-state index contributed by atoms with van der Waals surface area (Å²) >= 11 is 0. The second-order valence-electron chi connectivity index (χ2n) is 7.76. The molecule has 1 aliphatic heterocycles. The number of Topliss-reactive ketones (excluding diaryl/α,β-unsaturated/α-hetero) is 2. The highest BCUT2D eigenvalue weighted by Crippen LogP contribution is 2.07. The van der Waals surface area contributed by atoms with E-state index in [0.29, 0.717) is 11.6 Å². The summed E-state index contributed by atoms with van der Waals surface area (Å²) in [7, 11) is 2.52. The Bertz CT molecular complexity index is 986. The number of carbonyl (C=O) groups is 3. The highest BCUT2D eigenvalue weighted by atomic mass is 16.2. The maximum Gasteiger partial charge on any atom is 0.230 e. The predicted octanol–water partition coefficient (Wildman–Crippen LogP) is 2.94. The first kappa shape index (κ1) is 32.7. The van der Waals surface area contributed by atoms with E-state index < -0.39 is 5.92 Å². The van der Waals surface area contributed by atoms with Crippen LogP contribution in [0.2, 0.25) is 0 Å². The van der Waals surface area contributed by atoms with Crippen LogP contribution in [0.25, 0.3) is 0 Å². The van der Waals surface area contributed by atoms with Gasteiger partial charge in [-0.1, -0.05) is 50.0 Å². The molecule has 0 aliphatic carbocycles. The number of aliphatic hydroxyl groups is 1. The smallest absolute Gasteiger partial charge is 0.230 e. The minimum absolute atomic E-state index is 0.0754. The second kappa shape index (κ2) is 18.9. The quantitative estimate of drug-likeness (QED) is 0.279. The van der Waals surface area contributed by atoms with Crippen molar-refractivity contribution in [3.05, 3.63) is 70.8 Å². The first-order valence-corrected chi connectivity index (χ1v) is 12.1. The first-order chi connectivity index (χ1) is 17.3. The summed E-state index contributed by atoms with van der Waals surface area (Å²) in [4.78, 5) is 32.3. The topological polar surface area (TPSA) is 108 Å². The van der Waals surface area contributed by atoms with Crippen LogP contribution in [-0.4, -0.2) is 55.9 Å². The molecule has 196 valence electrons. The standard InChI is InChI=1S/C20H20N2O.C6H11NO2.C2H6.CH4O/c1-15(23)19-10-8-17(9-11-19)3-2-16-4-6-18(7-5-16)12-22-20-13-21-14-20;1-4(5(2)8)6(9)7-3;2*1-2/h4-11,20-22H,12-14H2,1H3;4H,1-3H3,(H,7,9);1-2H3;2H,1H3. The van der Waals surface area contributed by atoms with Crippen LogP contribution >= 0.6 is 0 Å². The van der Waals surface area contributed by atoms with Crippen LogP contribution in [0.3, 0.4) is 0 Å². The van der Waals surface area contributed by atoms with Crippen molar-refractivity contribution in [3.63, 3.8) is 0 Å². The van der Waals surface area contributed by atoms with Crippen molar-refractivity contribution in [2.75, 3.05) is 27.2 Å². The molecule has 0 bridgehead atoms. The van der Waals surface area contributed by atoms with Crippen LogP contribution < -0.4 is 16.0 Å². The Kier molecular flexibility index (Phi) is 17.2. The molecule has 0 saturated carbocycles. The lowest BCUT2D eigenvalue weighted by Crippen LogP contribution is -2.54. The van der Waals surface area contributed by atoms with Gasteiger partial charge in [-0.3, -0.25) is 14.4 Å². The third-order valence-corrected chi connectivity index (χ3v) is 5.22. The van der Waals surface area contributed by atoms with Crippen LogP contribution in [0.15, 0.2) is 48.5 Å². The fourth-order valence-electron chi connectivity index (χ4n) is 2.73. The third kappa shape index (κ3) is 12.4. The van der Waals surface area contributed by atoms with Crippen LogP contribution in [0.1, 0.15) is 61.7 Å². The minimum Gasteiger partial charge on any atom is -0.400 e. The Morgan fingerprint density at radius 1 is 0.944 bits per heavy atom. The summed E-state index contributed by atoms with van der Waals surface area (Å²) in [6.07, 6.45) is 0. The lowest BCUT2D eigenvalue weighted by Gasteiger charge is -2.28. The van der Waals surface area contributed by atoms with Gasteiger partial charge in [0.2, 0.25) is 5.91 Å². The number of amides is 1. The maximum absolute atomic E-state index is 11.2. The van der Waals surface area contributed by atoms with Gasteiger partial charge in [0, 0.05) is 56.5 Å². The Labute approximate surface area is 216 Å². The highest BCUT2D eigenvalue weighted by Gasteiger charge is 2.15. The van der Waals surface area contributed by atoms with Crippen molar-refractivity contribution < 1.29 is 19.5 Å². The summed E-state index contributed by atoms with van der Waals surface area (Å²) in [5.74, 6) is 5.54. The van der Waals surface area contributed by atoms with Crippen molar-refractivity contribution in [3.8, 4) is 11.8 Å². The molecule has 1 aliphatic rings. The SMILES string of the molecule is CC.CC(=O)c1ccc(C#Cc2ccc(CNC3CNC3)cc2)cc1.CNC(=O)C(C)C(C)=O.CO. The zero-order valence-electron chi connectivity index (χ0n) is 22.6. The molecular formula is C29H41N3O4. The van der Waals surface area contributed by atoms with Crippen molar-refractivity contribution in [1.82, 2.24) is 16.0 Å². The summed E-state index contributed by atoms with van der Waals surface area (Å²) < 4.78 is 0. The molecule has 3 rings (SSSR count). The Hall–Kier alpha value is -3.31. The number of carbonyl (C=O) groups excluding carboxylic acids is 3. The number of benzene rings is 2. The molecule has 2 aromatic rings. The summed E-state index contributed by atoms with van der Waals surface area (Å²) in [5.41, 5.74) is 3.90. The van der Waals surface area contributed by atoms with Crippen molar-refractivity contribution in [2.45, 2.75) is 47.2 Å². The monoisotopic (exact) mass is 495 g/mol. The average Bonchev–Trinajstić information content (AvgIpc) is 2.89. The molecule has 7 heteroatoms. The van der Waals surface area contributed by atoms with Crippen LogP contribution in [-0.2, 0) is 16.1 Å². The fraction of sp³-hybridized carbons (Fsp3) is 0.414. The van der Waals surface area contributed by atoms with Gasteiger partial charge >= 0.3 is 0 Å². The number of ketones is 2. The van der Waals surface area contributed by atoms with Gasteiger partial charge in [0.15, 0.2) is 5.78 Å². The number of aliphatic hydroxyl groups excluding tert-OH is 1. The molecule has 36 heavy (non-hydrogen) atoms. The van der Waals surface area contributed by atoms with Crippen LogP contribution in [0, 0.1) is 17.8 Å². The molecule has 1 atom stereocenters. The molecular weight excluding hydrogens is 454 g/mol. The molecule has 0 radical (unpaired) electrons. The predicted molar refractivity (Wildman–Crippen MR) is 146 cm³/mol. The molecule has 1 amide bonds. The zero-order valence-corrected chi connectivity index (χ0v) is 22.6. The summed E-state index contributed by atoms with van der Waals surface area (Å²) in [6, 6.07) is 16.3. The van der Waals surface area contributed by atoms with E-state index in [1.165, 1.54) is 19.5 Å². The van der Waals surface area contributed by atoms with Gasteiger partial charge in [-0.25, -0.2) is 0 Å². The Morgan fingerprint density at radius 2 is 1.42 bits per heavy atom. The average molecular weight is 496 g/mol. The van der Waals surface area contributed by atoms with Crippen molar-refractivity contribution in [2.24, 2.45) is 5.92 Å². The summed E-state index contributed by atoms with van der Waals surface area (Å²) in [5, 5.41) is 16.1. The van der Waals surface area contributed by atoms with E-state index in [1.54, 1.807) is 13.8 Å². The van der Waals surface area contributed by atoms with Gasteiger partial charge in [-0.15, -0.1) is 0 Å². The molecule has 0 spiro atoms. The van der Waals surface area contributed by atoms with Crippen molar-refractivity contribution in [1.29, 1.82) is 0 Å². The molecule has 4 N–H and O–H groups in total. The van der Waals surface area contributed by atoms with Gasteiger partial charge in [0.05, 0.1) is 5.92 Å². The number of nitrogens with one attached hydrogen (secondary N) is 3. The molecule has 1 heterocycles. The molecule has 1 unspecified atom stereocenters. The molecule has 7 nitrogen and oxygen atoms in total. The van der Waals surface area contributed by atoms with Gasteiger partial charge < -0.3 is 21.1 Å². The van der Waals surface area contributed by atoms with Crippen LogP contribution in [0.5, 0.6) is 0 Å². The molecule has 1 fully saturated rings. The zero-order chi connectivity index (χ0) is 27.5. The number of rotatable bonds is 6. The first-order valence-electron chi connectivity index (χ1n) is 12.1. The Balaban J connectivity index is 0.000000797. The van der Waals surface area contributed by atoms with E-state index in [4.69, 9.17) is 5.11 Å². The van der Waals surface area contributed by atoms with Crippen LogP contribution in [0.4, 0.5) is 0 Å². The lowest BCUT2D eigenvalue weighted by atomic mass is 10.1. The maximum atomic E-state index is 11.2. The number of hydrogen-bond donors (Lipinski definition) is 4. The second-order valence-corrected chi connectivity index (χ2v) is 7.76. The highest BCUT2D eigenvalue weighted by molar-refractivity contribution is 5.99. The van der Waals surface area contributed by atoms with Gasteiger partial charge in [0.1, 0.15) is 5.78 Å². The molecule has 0 aromatic heterocycles. The third-order valence-electron chi connectivity index (χ3n) is 5.22. The van der Waals surface area contributed by atoms with E-state index in [2.05, 4.69) is 39.9 Å². The van der Waals surface area contributed by atoms with Crippen molar-refractivity contribution >= 4 is 17.5 Å². The molecule has 2 aromatic carbocycles. The molecule has 1 saturated heterocycles. The normalized spacial score (nSPS) is 12.2. The number of hydrogen-bond acceptors (Lipinski definition) is 6.